The fourth-order valence-electron chi connectivity index (χ4n) is 6.55. The normalized spacial score (nSPS) is 30.8. The van der Waals surface area contributed by atoms with Crippen molar-refractivity contribution in [2.75, 3.05) is 51.2 Å². The maximum absolute atomic E-state index is 13.1. The standard InChI is InChI=1S/C29H42F3N5O7/c1-17(2)43-22(38)14-36-10-8-19(9-11-36)37-12-6-18(7-13-37)26(41)33-15-28-16-42-27(44-28)23(24(39)25(28)40)35-21-5-3-4-20(34-21)29(30,31)32/h3-5,17-19,23-25,27,39-40H,6-16H2,1-2H3,(H,33,41)(H,34,35)/t23-,24-,25-,27+,28+/m1/s1. The number of nitrogens with zero attached hydrogens (tertiary/aromatic N) is 3. The molecule has 5 heterocycles. The van der Waals surface area contributed by atoms with Gasteiger partial charge in [0.15, 0.2) is 6.29 Å². The van der Waals surface area contributed by atoms with Crippen molar-refractivity contribution >= 4 is 17.7 Å². The minimum atomic E-state index is -4.64. The second kappa shape index (κ2) is 13.4. The lowest BCUT2D eigenvalue weighted by Gasteiger charge is -2.43. The Morgan fingerprint density at radius 2 is 1.84 bits per heavy atom. The Balaban J connectivity index is 1.07. The number of aromatic nitrogens is 1. The maximum Gasteiger partial charge on any atom is 0.433 e. The van der Waals surface area contributed by atoms with Gasteiger partial charge in [-0.15, -0.1) is 0 Å². The Morgan fingerprint density at radius 1 is 1.14 bits per heavy atom. The summed E-state index contributed by atoms with van der Waals surface area (Å²) in [7, 11) is 0. The molecule has 44 heavy (non-hydrogen) atoms. The highest BCUT2D eigenvalue weighted by atomic mass is 19.4. The van der Waals surface area contributed by atoms with Crippen molar-refractivity contribution in [2.24, 2.45) is 5.92 Å². The van der Waals surface area contributed by atoms with Gasteiger partial charge in [-0.3, -0.25) is 14.5 Å². The number of alkyl halides is 3. The molecule has 5 atom stereocenters. The number of fused-ring (bicyclic) bond motifs is 2. The molecule has 0 unspecified atom stereocenters. The van der Waals surface area contributed by atoms with Gasteiger partial charge >= 0.3 is 12.1 Å². The monoisotopic (exact) mass is 629 g/mol. The number of aliphatic hydroxyl groups is 2. The van der Waals surface area contributed by atoms with Crippen molar-refractivity contribution in [3.63, 3.8) is 0 Å². The molecule has 2 bridgehead atoms. The van der Waals surface area contributed by atoms with E-state index in [0.717, 1.165) is 45.1 Å². The van der Waals surface area contributed by atoms with Crippen LogP contribution in [0.5, 0.6) is 0 Å². The number of anilines is 1. The lowest BCUT2D eigenvalue weighted by Crippen LogP contribution is -2.66. The second-order valence-electron chi connectivity index (χ2n) is 12.4. The van der Waals surface area contributed by atoms with E-state index in [9.17, 15) is 33.0 Å². The molecule has 0 spiro atoms. The van der Waals surface area contributed by atoms with E-state index < -0.39 is 42.0 Å². The summed E-state index contributed by atoms with van der Waals surface area (Å²) in [6, 6.07) is 2.64. The Labute approximate surface area is 254 Å². The van der Waals surface area contributed by atoms with E-state index in [1.165, 1.54) is 12.1 Å². The molecule has 4 aliphatic heterocycles. The molecule has 4 fully saturated rings. The minimum absolute atomic E-state index is 0.0903. The fraction of sp³-hybridized carbons (Fsp3) is 0.759. The van der Waals surface area contributed by atoms with Crippen LogP contribution >= 0.6 is 0 Å². The number of esters is 1. The van der Waals surface area contributed by atoms with Crippen molar-refractivity contribution in [1.29, 1.82) is 0 Å². The number of hydrogen-bond donors (Lipinski definition) is 4. The van der Waals surface area contributed by atoms with Gasteiger partial charge in [-0.1, -0.05) is 6.07 Å². The van der Waals surface area contributed by atoms with E-state index >= 15 is 0 Å². The first-order valence-electron chi connectivity index (χ1n) is 15.2. The SMILES string of the molecule is CC(C)OC(=O)CN1CCC(N2CCC(C(=O)NC[C@@]34CO[C@@H](O3)[C@H](Nc3cccc(C(F)(F)F)n3)[C@@H](O)[C@H]4O)CC2)CC1. The van der Waals surface area contributed by atoms with Crippen LogP contribution < -0.4 is 10.6 Å². The van der Waals surface area contributed by atoms with Gasteiger partial charge in [0.2, 0.25) is 5.91 Å². The van der Waals surface area contributed by atoms with Gasteiger partial charge in [-0.2, -0.15) is 13.2 Å². The first kappa shape index (κ1) is 32.8. The number of piperidine rings is 2. The van der Waals surface area contributed by atoms with Crippen molar-refractivity contribution in [3.8, 4) is 0 Å². The third-order valence-electron chi connectivity index (χ3n) is 8.98. The molecule has 0 radical (unpaired) electrons. The van der Waals surface area contributed by atoms with Crippen molar-refractivity contribution in [2.45, 2.75) is 88.0 Å². The summed E-state index contributed by atoms with van der Waals surface area (Å²) in [6.45, 7) is 6.99. The van der Waals surface area contributed by atoms with Crippen LogP contribution in [0.15, 0.2) is 18.2 Å². The summed E-state index contributed by atoms with van der Waals surface area (Å²) in [6.07, 6.45) is -5.51. The lowest BCUT2D eigenvalue weighted by molar-refractivity contribution is -0.213. The van der Waals surface area contributed by atoms with Gasteiger partial charge in [0, 0.05) is 25.0 Å². The molecule has 5 rings (SSSR count). The minimum Gasteiger partial charge on any atom is -0.462 e. The van der Waals surface area contributed by atoms with Crippen LogP contribution in [0.3, 0.4) is 0 Å². The predicted molar refractivity (Wildman–Crippen MR) is 150 cm³/mol. The van der Waals surface area contributed by atoms with Gasteiger partial charge in [0.05, 0.1) is 25.8 Å². The highest BCUT2D eigenvalue weighted by Gasteiger charge is 2.59. The highest BCUT2D eigenvalue weighted by molar-refractivity contribution is 5.78. The number of likely N-dealkylation sites (tertiary alicyclic amines) is 2. The van der Waals surface area contributed by atoms with Crippen molar-refractivity contribution in [3.05, 3.63) is 23.9 Å². The van der Waals surface area contributed by atoms with Crippen LogP contribution in [0.25, 0.3) is 0 Å². The zero-order valence-corrected chi connectivity index (χ0v) is 25.0. The Bertz CT molecular complexity index is 1160. The molecular formula is C29H42F3N5O7. The fourth-order valence-corrected chi connectivity index (χ4v) is 6.55. The Morgan fingerprint density at radius 3 is 2.50 bits per heavy atom. The van der Waals surface area contributed by atoms with E-state index in [2.05, 4.69) is 25.4 Å². The smallest absolute Gasteiger partial charge is 0.433 e. The van der Waals surface area contributed by atoms with Gasteiger partial charge in [-0.05, 0) is 64.8 Å². The number of hydrogen-bond acceptors (Lipinski definition) is 11. The number of pyridine rings is 1. The third-order valence-corrected chi connectivity index (χ3v) is 8.98. The van der Waals surface area contributed by atoms with Crippen molar-refractivity contribution < 1.29 is 47.2 Å². The molecule has 4 saturated heterocycles. The summed E-state index contributed by atoms with van der Waals surface area (Å²) in [5, 5.41) is 27.4. The maximum atomic E-state index is 13.1. The first-order valence-corrected chi connectivity index (χ1v) is 15.2. The molecule has 0 aromatic carbocycles. The third kappa shape index (κ3) is 7.45. The van der Waals surface area contributed by atoms with Gasteiger partial charge in [-0.25, -0.2) is 4.98 Å². The summed E-state index contributed by atoms with van der Waals surface area (Å²) in [5.41, 5.74) is -2.49. The number of aliphatic hydroxyl groups excluding tert-OH is 2. The first-order chi connectivity index (χ1) is 20.8. The van der Waals surface area contributed by atoms with E-state index in [-0.39, 0.29) is 42.9 Å². The van der Waals surface area contributed by atoms with Crippen LogP contribution in [0.2, 0.25) is 0 Å². The van der Waals surface area contributed by atoms with E-state index in [4.69, 9.17) is 14.2 Å². The molecule has 4 aliphatic rings. The number of halogens is 3. The highest BCUT2D eigenvalue weighted by Crippen LogP contribution is 2.38. The molecule has 1 aromatic rings. The zero-order chi connectivity index (χ0) is 31.6. The van der Waals surface area contributed by atoms with Crippen LogP contribution in [-0.2, 0) is 30.0 Å². The number of carbonyl (C=O) groups excluding carboxylic acids is 2. The summed E-state index contributed by atoms with van der Waals surface area (Å²) in [5.74, 6) is -0.730. The molecule has 4 N–H and O–H groups in total. The molecule has 12 nitrogen and oxygen atoms in total. The Hall–Kier alpha value is -2.56. The average molecular weight is 630 g/mol. The van der Waals surface area contributed by atoms with E-state index in [1.807, 2.05) is 13.8 Å². The average Bonchev–Trinajstić information content (AvgIpc) is 3.39. The summed E-state index contributed by atoms with van der Waals surface area (Å²) >= 11 is 0. The Kier molecular flexibility index (Phi) is 10.0. The number of ether oxygens (including phenoxy) is 3. The molecule has 0 saturated carbocycles. The van der Waals surface area contributed by atoms with Gasteiger partial charge in [0.25, 0.3) is 0 Å². The summed E-state index contributed by atoms with van der Waals surface area (Å²) in [4.78, 5) is 33.1. The number of carbonyl (C=O) groups is 2. The molecular weight excluding hydrogens is 587 g/mol. The van der Waals surface area contributed by atoms with E-state index in [1.54, 1.807) is 0 Å². The van der Waals surface area contributed by atoms with E-state index in [0.29, 0.717) is 25.4 Å². The van der Waals surface area contributed by atoms with Crippen LogP contribution in [0.4, 0.5) is 19.0 Å². The summed E-state index contributed by atoms with van der Waals surface area (Å²) < 4.78 is 56.1. The molecule has 1 amide bonds. The molecule has 15 heteroatoms. The van der Waals surface area contributed by atoms with Crippen LogP contribution in [0.1, 0.15) is 45.2 Å². The molecule has 0 aliphatic carbocycles. The predicted octanol–water partition coefficient (Wildman–Crippen LogP) is 0.972. The molecule has 1 aromatic heterocycles. The number of amides is 1. The van der Waals surface area contributed by atoms with Gasteiger partial charge in [0.1, 0.15) is 35.4 Å². The molecule has 246 valence electrons. The van der Waals surface area contributed by atoms with Crippen LogP contribution in [0, 0.1) is 5.92 Å². The number of rotatable bonds is 9. The quantitative estimate of drug-likeness (QED) is 0.290. The van der Waals surface area contributed by atoms with Crippen LogP contribution in [-0.4, -0.2) is 125 Å². The topological polar surface area (TPSA) is 146 Å². The van der Waals surface area contributed by atoms with Crippen molar-refractivity contribution in [1.82, 2.24) is 20.1 Å². The number of nitrogens with one attached hydrogen (secondary N) is 2. The van der Waals surface area contributed by atoms with Gasteiger partial charge < -0.3 is 40.0 Å². The lowest BCUT2D eigenvalue weighted by atomic mass is 9.87. The second-order valence-corrected chi connectivity index (χ2v) is 12.4. The largest absolute Gasteiger partial charge is 0.462 e. The zero-order valence-electron chi connectivity index (χ0n) is 25.0.